The molecule has 0 saturated carbocycles. The predicted molar refractivity (Wildman–Crippen MR) is 80.2 cm³/mol. The van der Waals surface area contributed by atoms with Gasteiger partial charge < -0.3 is 4.90 Å². The van der Waals surface area contributed by atoms with Gasteiger partial charge in [-0.1, -0.05) is 18.2 Å². The summed E-state index contributed by atoms with van der Waals surface area (Å²) in [6, 6.07) is 9.17. The third-order valence-electron chi connectivity index (χ3n) is 3.72. The van der Waals surface area contributed by atoms with E-state index in [1.165, 1.54) is 16.7 Å². The lowest BCUT2D eigenvalue weighted by Crippen LogP contribution is -2.16. The average molecular weight is 257 g/mol. The number of hydrogen-bond donors (Lipinski definition) is 0. The lowest BCUT2D eigenvalue weighted by atomic mass is 10.0. The van der Waals surface area contributed by atoms with Crippen LogP contribution in [-0.2, 0) is 6.54 Å². The molecule has 0 aliphatic carbocycles. The number of nitrogens with zero attached hydrogens (tertiary/aromatic N) is 3. The van der Waals surface area contributed by atoms with Crippen LogP contribution in [0.25, 0.3) is 11.1 Å². The summed E-state index contributed by atoms with van der Waals surface area (Å²) in [6.45, 7) is 7.32. The Labute approximate surface area is 115 Å². The fourth-order valence-electron chi connectivity index (χ4n) is 2.23. The van der Waals surface area contributed by atoms with Crippen molar-refractivity contribution in [1.29, 1.82) is 0 Å². The highest BCUT2D eigenvalue weighted by Crippen LogP contribution is 2.26. The molecule has 1 aromatic carbocycles. The summed E-state index contributed by atoms with van der Waals surface area (Å²) in [5, 5.41) is 4.52. The summed E-state index contributed by atoms with van der Waals surface area (Å²) >= 11 is 0. The largest absolute Gasteiger partial charge is 0.303 e. The molecule has 2 aromatic rings. The smallest absolute Gasteiger partial charge is 0.0672 e. The zero-order valence-electron chi connectivity index (χ0n) is 12.5. The van der Waals surface area contributed by atoms with Crippen molar-refractivity contribution < 1.29 is 0 Å². The number of aromatic nitrogens is 2. The maximum absolute atomic E-state index is 4.52. The Hall–Kier alpha value is -1.61. The summed E-state index contributed by atoms with van der Waals surface area (Å²) < 4.78 is 1.99. The Kier molecular flexibility index (Phi) is 4.05. The van der Waals surface area contributed by atoms with Gasteiger partial charge in [-0.25, -0.2) is 0 Å². The molecule has 2 rings (SSSR count). The molecule has 102 valence electrons. The van der Waals surface area contributed by atoms with Crippen molar-refractivity contribution in [2.24, 2.45) is 0 Å². The number of benzene rings is 1. The van der Waals surface area contributed by atoms with Crippen LogP contribution < -0.4 is 0 Å². The summed E-state index contributed by atoms with van der Waals surface area (Å²) in [4.78, 5) is 2.22. The van der Waals surface area contributed by atoms with Gasteiger partial charge >= 0.3 is 0 Å². The zero-order chi connectivity index (χ0) is 14.0. The van der Waals surface area contributed by atoms with Gasteiger partial charge in [0, 0.05) is 24.3 Å². The average Bonchev–Trinajstić information content (AvgIpc) is 2.79. The Bertz CT molecular complexity index is 555. The van der Waals surface area contributed by atoms with Gasteiger partial charge in [0.05, 0.1) is 5.69 Å². The highest BCUT2D eigenvalue weighted by Gasteiger charge is 2.11. The van der Waals surface area contributed by atoms with Crippen molar-refractivity contribution in [2.45, 2.75) is 33.4 Å². The number of aryl methyl sites for hydroxylation is 2. The van der Waals surface area contributed by atoms with Gasteiger partial charge in [0.1, 0.15) is 0 Å². The van der Waals surface area contributed by atoms with Crippen LogP contribution in [-0.4, -0.2) is 28.8 Å². The molecule has 1 aromatic heterocycles. The van der Waals surface area contributed by atoms with Gasteiger partial charge in [0.15, 0.2) is 0 Å². The predicted octanol–water partition coefficient (Wildman–Crippen LogP) is 3.50. The molecule has 1 heterocycles. The van der Waals surface area contributed by atoms with Crippen LogP contribution >= 0.6 is 0 Å². The first kappa shape index (κ1) is 13.8. The molecule has 0 bridgehead atoms. The summed E-state index contributed by atoms with van der Waals surface area (Å²) in [5.41, 5.74) is 4.92. The van der Waals surface area contributed by atoms with Crippen LogP contribution in [0.5, 0.6) is 0 Å². The lowest BCUT2D eigenvalue weighted by Gasteiger charge is -2.20. The van der Waals surface area contributed by atoms with Crippen LogP contribution in [0.1, 0.15) is 31.1 Å². The standard InChI is InChI=1S/C16H23N3/c1-6-19-11-16(12(2)17-19)15-9-7-8-14(10-15)13(3)18(4)5/h7-11,13H,6H2,1-5H3. The molecule has 3 nitrogen and oxygen atoms in total. The minimum Gasteiger partial charge on any atom is -0.303 e. The van der Waals surface area contributed by atoms with E-state index in [2.05, 4.69) is 75.3 Å². The van der Waals surface area contributed by atoms with Crippen LogP contribution in [0, 0.1) is 6.92 Å². The topological polar surface area (TPSA) is 21.1 Å². The monoisotopic (exact) mass is 257 g/mol. The third kappa shape index (κ3) is 2.87. The Morgan fingerprint density at radius 2 is 2.05 bits per heavy atom. The van der Waals surface area contributed by atoms with Crippen LogP contribution in [0.2, 0.25) is 0 Å². The van der Waals surface area contributed by atoms with Gasteiger partial charge in [0.25, 0.3) is 0 Å². The lowest BCUT2D eigenvalue weighted by molar-refractivity contribution is 0.321. The van der Waals surface area contributed by atoms with Gasteiger partial charge in [-0.05, 0) is 52.1 Å². The first-order valence-electron chi connectivity index (χ1n) is 6.83. The fraction of sp³-hybridized carbons (Fsp3) is 0.438. The molecule has 3 heteroatoms. The first-order valence-corrected chi connectivity index (χ1v) is 6.83. The zero-order valence-corrected chi connectivity index (χ0v) is 12.5. The molecule has 19 heavy (non-hydrogen) atoms. The van der Waals surface area contributed by atoms with E-state index in [4.69, 9.17) is 0 Å². The maximum atomic E-state index is 4.52. The number of rotatable bonds is 4. The normalized spacial score (nSPS) is 12.9. The van der Waals surface area contributed by atoms with Crippen molar-refractivity contribution in [3.63, 3.8) is 0 Å². The molecule has 0 aliphatic rings. The van der Waals surface area contributed by atoms with E-state index in [1.54, 1.807) is 0 Å². The Morgan fingerprint density at radius 1 is 1.32 bits per heavy atom. The van der Waals surface area contributed by atoms with E-state index in [0.717, 1.165) is 12.2 Å². The van der Waals surface area contributed by atoms with Gasteiger partial charge in [-0.15, -0.1) is 0 Å². The molecule has 0 saturated heterocycles. The molecular formula is C16H23N3. The van der Waals surface area contributed by atoms with E-state index in [0.29, 0.717) is 6.04 Å². The second-order valence-corrected chi connectivity index (χ2v) is 5.25. The first-order chi connectivity index (χ1) is 9.02. The third-order valence-corrected chi connectivity index (χ3v) is 3.72. The second-order valence-electron chi connectivity index (χ2n) is 5.25. The van der Waals surface area contributed by atoms with Crippen molar-refractivity contribution in [3.05, 3.63) is 41.7 Å². The van der Waals surface area contributed by atoms with E-state index >= 15 is 0 Å². The van der Waals surface area contributed by atoms with Crippen molar-refractivity contribution in [3.8, 4) is 11.1 Å². The number of hydrogen-bond acceptors (Lipinski definition) is 2. The second kappa shape index (κ2) is 5.57. The quantitative estimate of drug-likeness (QED) is 0.836. The molecule has 0 fully saturated rings. The molecule has 0 amide bonds. The molecular weight excluding hydrogens is 234 g/mol. The molecule has 0 aliphatic heterocycles. The highest BCUT2D eigenvalue weighted by molar-refractivity contribution is 5.65. The molecule has 0 spiro atoms. The summed E-state index contributed by atoms with van der Waals surface area (Å²) in [5.74, 6) is 0. The van der Waals surface area contributed by atoms with Crippen LogP contribution in [0.4, 0.5) is 0 Å². The Morgan fingerprint density at radius 3 is 2.63 bits per heavy atom. The molecule has 0 N–H and O–H groups in total. The van der Waals surface area contributed by atoms with E-state index in [9.17, 15) is 0 Å². The molecule has 0 radical (unpaired) electrons. The summed E-state index contributed by atoms with van der Waals surface area (Å²) in [7, 11) is 4.22. The minimum absolute atomic E-state index is 0.418. The van der Waals surface area contributed by atoms with Crippen LogP contribution in [0.3, 0.4) is 0 Å². The minimum atomic E-state index is 0.418. The highest BCUT2D eigenvalue weighted by atomic mass is 15.3. The summed E-state index contributed by atoms with van der Waals surface area (Å²) in [6.07, 6.45) is 2.13. The Balaban J connectivity index is 2.40. The maximum Gasteiger partial charge on any atom is 0.0672 e. The molecule has 1 unspecified atom stereocenters. The van der Waals surface area contributed by atoms with Crippen molar-refractivity contribution in [2.75, 3.05) is 14.1 Å². The van der Waals surface area contributed by atoms with Gasteiger partial charge in [-0.3, -0.25) is 4.68 Å². The van der Waals surface area contributed by atoms with E-state index in [-0.39, 0.29) is 0 Å². The van der Waals surface area contributed by atoms with E-state index in [1.807, 2.05) is 4.68 Å². The molecule has 1 atom stereocenters. The van der Waals surface area contributed by atoms with Crippen molar-refractivity contribution >= 4 is 0 Å². The van der Waals surface area contributed by atoms with E-state index < -0.39 is 0 Å². The van der Waals surface area contributed by atoms with Gasteiger partial charge in [0.2, 0.25) is 0 Å². The fourth-order valence-corrected chi connectivity index (χ4v) is 2.23. The van der Waals surface area contributed by atoms with Gasteiger partial charge in [-0.2, -0.15) is 5.10 Å². The van der Waals surface area contributed by atoms with Crippen molar-refractivity contribution in [1.82, 2.24) is 14.7 Å². The SMILES string of the molecule is CCn1cc(-c2cccc(C(C)N(C)C)c2)c(C)n1. The van der Waals surface area contributed by atoms with Crippen LogP contribution in [0.15, 0.2) is 30.5 Å².